The van der Waals surface area contributed by atoms with Crippen molar-refractivity contribution in [3.8, 4) is 5.75 Å². The zero-order valence-electron chi connectivity index (χ0n) is 21.2. The molecule has 2 saturated heterocycles. The molecule has 1 aromatic carbocycles. The van der Waals surface area contributed by atoms with Gasteiger partial charge < -0.3 is 24.8 Å². The van der Waals surface area contributed by atoms with Gasteiger partial charge in [0.25, 0.3) is 5.91 Å². The molecule has 3 aromatic rings. The normalized spacial score (nSPS) is 18.5. The summed E-state index contributed by atoms with van der Waals surface area (Å²) < 4.78 is 5.40. The number of nitrogens with zero attached hydrogens (tertiary/aromatic N) is 6. The lowest BCUT2D eigenvalue weighted by atomic mass is 10.0. The van der Waals surface area contributed by atoms with Crippen LogP contribution in [-0.4, -0.2) is 89.3 Å². The molecule has 2 aromatic heterocycles. The summed E-state index contributed by atoms with van der Waals surface area (Å²) >= 11 is 0. The molecule has 5 rings (SSSR count). The van der Waals surface area contributed by atoms with Crippen molar-refractivity contribution in [1.29, 1.82) is 0 Å². The fourth-order valence-electron chi connectivity index (χ4n) is 4.88. The number of aromatic nitrogens is 4. The molecule has 10 heteroatoms. The van der Waals surface area contributed by atoms with Gasteiger partial charge >= 0.3 is 0 Å². The van der Waals surface area contributed by atoms with Crippen molar-refractivity contribution in [3.05, 3.63) is 53.5 Å². The topological polar surface area (TPSA) is 103 Å². The molecule has 10 nitrogen and oxygen atoms in total. The summed E-state index contributed by atoms with van der Waals surface area (Å²) in [4.78, 5) is 29.5. The Morgan fingerprint density at radius 3 is 2.67 bits per heavy atom. The number of H-pyrrole nitrogens is 1. The Hall–Kier alpha value is -3.66. The van der Waals surface area contributed by atoms with E-state index < -0.39 is 0 Å². The van der Waals surface area contributed by atoms with Gasteiger partial charge in [-0.2, -0.15) is 5.10 Å². The van der Waals surface area contributed by atoms with E-state index in [1.165, 1.54) is 0 Å². The third kappa shape index (κ3) is 5.43. The molecule has 2 fully saturated rings. The van der Waals surface area contributed by atoms with E-state index in [4.69, 9.17) is 14.7 Å². The number of methoxy groups -OCH3 is 1. The number of carbonyl (C=O) groups is 1. The highest BCUT2D eigenvalue weighted by molar-refractivity contribution is 5.97. The van der Waals surface area contributed by atoms with Crippen molar-refractivity contribution < 1.29 is 9.53 Å². The Bertz CT molecular complexity index is 1200. The van der Waals surface area contributed by atoms with Crippen LogP contribution in [-0.2, 0) is 6.42 Å². The number of hydrogen-bond acceptors (Lipinski definition) is 8. The Labute approximate surface area is 211 Å². The Morgan fingerprint density at radius 1 is 1.11 bits per heavy atom. The maximum atomic E-state index is 13.2. The summed E-state index contributed by atoms with van der Waals surface area (Å²) in [6, 6.07) is 11.4. The van der Waals surface area contributed by atoms with Gasteiger partial charge in [-0.15, -0.1) is 0 Å². The second-order valence-corrected chi connectivity index (χ2v) is 9.69. The van der Waals surface area contributed by atoms with Crippen molar-refractivity contribution in [2.24, 2.45) is 5.92 Å². The van der Waals surface area contributed by atoms with Crippen LogP contribution in [0.4, 0.5) is 17.5 Å². The van der Waals surface area contributed by atoms with Crippen molar-refractivity contribution in [2.75, 3.05) is 63.6 Å². The Kier molecular flexibility index (Phi) is 7.04. The van der Waals surface area contributed by atoms with Crippen LogP contribution in [0.1, 0.15) is 28.3 Å². The highest BCUT2D eigenvalue weighted by Crippen LogP contribution is 2.27. The smallest absolute Gasteiger partial charge is 0.257 e. The number of anilines is 3. The number of likely N-dealkylation sites (tertiary alicyclic amines) is 1. The first-order valence-electron chi connectivity index (χ1n) is 12.5. The average Bonchev–Trinajstić information content (AvgIpc) is 3.52. The Balaban J connectivity index is 1.32. The summed E-state index contributed by atoms with van der Waals surface area (Å²) in [5.74, 6) is 4.11. The summed E-state index contributed by atoms with van der Waals surface area (Å²) in [7, 11) is 3.74. The molecular weight excluding hydrogens is 456 g/mol. The van der Waals surface area contributed by atoms with Gasteiger partial charge in [-0.25, -0.2) is 9.97 Å². The molecule has 1 amide bonds. The number of hydrogen-bond donors (Lipinski definition) is 2. The number of piperazine rings is 1. The molecule has 2 N–H and O–H groups in total. The second-order valence-electron chi connectivity index (χ2n) is 9.69. The van der Waals surface area contributed by atoms with Crippen molar-refractivity contribution in [2.45, 2.75) is 19.8 Å². The minimum atomic E-state index is 0.0123. The molecule has 0 aliphatic carbocycles. The van der Waals surface area contributed by atoms with Gasteiger partial charge in [0.05, 0.1) is 12.7 Å². The maximum Gasteiger partial charge on any atom is 0.257 e. The maximum absolute atomic E-state index is 13.2. The van der Waals surface area contributed by atoms with E-state index in [2.05, 4.69) is 32.4 Å². The van der Waals surface area contributed by atoms with Gasteiger partial charge in [0, 0.05) is 63.5 Å². The van der Waals surface area contributed by atoms with Gasteiger partial charge in [-0.1, -0.05) is 12.1 Å². The molecule has 2 aliphatic rings. The molecular formula is C26H34N8O2. The number of nitrogens with one attached hydrogen (secondary N) is 2. The first kappa shape index (κ1) is 24.1. The second kappa shape index (κ2) is 10.5. The molecule has 1 atom stereocenters. The van der Waals surface area contributed by atoms with Gasteiger partial charge in [-0.05, 0) is 38.4 Å². The number of para-hydroxylation sites is 1. The third-order valence-electron chi connectivity index (χ3n) is 6.93. The van der Waals surface area contributed by atoms with Crippen LogP contribution in [0.15, 0.2) is 36.4 Å². The largest absolute Gasteiger partial charge is 0.496 e. The van der Waals surface area contributed by atoms with Gasteiger partial charge in [0.2, 0.25) is 0 Å². The van der Waals surface area contributed by atoms with E-state index in [9.17, 15) is 4.79 Å². The number of amides is 1. The van der Waals surface area contributed by atoms with Gasteiger partial charge in [0.1, 0.15) is 23.2 Å². The quantitative estimate of drug-likeness (QED) is 0.521. The molecule has 0 spiro atoms. The number of benzene rings is 1. The number of aryl methyl sites for hydroxylation is 1. The van der Waals surface area contributed by atoms with Crippen LogP contribution in [0, 0.1) is 12.8 Å². The van der Waals surface area contributed by atoms with E-state index >= 15 is 0 Å². The molecule has 2 aliphatic heterocycles. The van der Waals surface area contributed by atoms with Gasteiger partial charge in [-0.3, -0.25) is 9.89 Å². The molecule has 0 saturated carbocycles. The lowest BCUT2D eigenvalue weighted by Gasteiger charge is -2.33. The van der Waals surface area contributed by atoms with E-state index in [0.717, 1.165) is 68.1 Å². The van der Waals surface area contributed by atoms with E-state index in [-0.39, 0.29) is 5.91 Å². The monoisotopic (exact) mass is 490 g/mol. The van der Waals surface area contributed by atoms with Gasteiger partial charge in [0.15, 0.2) is 5.82 Å². The number of ether oxygens (including phenoxy) is 1. The van der Waals surface area contributed by atoms with Crippen LogP contribution in [0.5, 0.6) is 5.75 Å². The zero-order valence-corrected chi connectivity index (χ0v) is 21.2. The standard InChI is InChI=1S/C26H34N8O2/c1-18-14-24(31-30-18)28-23-16-25(33-12-10-32(2)11-13-33)29-22(27-23)15-19-8-9-34(17-19)26(35)20-6-4-5-7-21(20)36-3/h4-7,14,16,19H,8-13,15,17H2,1-3H3,(H2,27,28,29,30,31). The summed E-state index contributed by atoms with van der Waals surface area (Å²) in [5.41, 5.74) is 1.59. The van der Waals surface area contributed by atoms with Crippen LogP contribution < -0.4 is 15.0 Å². The minimum Gasteiger partial charge on any atom is -0.496 e. The van der Waals surface area contributed by atoms with E-state index in [1.807, 2.05) is 48.2 Å². The number of carbonyl (C=O) groups excluding carboxylic acids is 1. The highest BCUT2D eigenvalue weighted by atomic mass is 16.5. The van der Waals surface area contributed by atoms with E-state index in [1.54, 1.807) is 7.11 Å². The number of rotatable bonds is 7. The predicted octanol–water partition coefficient (Wildman–Crippen LogP) is 2.72. The lowest BCUT2D eigenvalue weighted by Crippen LogP contribution is -2.45. The van der Waals surface area contributed by atoms with Crippen molar-refractivity contribution >= 4 is 23.4 Å². The summed E-state index contributed by atoms with van der Waals surface area (Å²) in [5, 5.41) is 10.6. The minimum absolute atomic E-state index is 0.0123. The van der Waals surface area contributed by atoms with Crippen molar-refractivity contribution in [3.63, 3.8) is 0 Å². The number of aromatic amines is 1. The molecule has 1 unspecified atom stereocenters. The first-order valence-corrected chi connectivity index (χ1v) is 12.5. The highest BCUT2D eigenvalue weighted by Gasteiger charge is 2.29. The van der Waals surface area contributed by atoms with Crippen molar-refractivity contribution in [1.82, 2.24) is 30.0 Å². The zero-order chi connectivity index (χ0) is 25.1. The summed E-state index contributed by atoms with van der Waals surface area (Å²) in [6.45, 7) is 7.23. The fraction of sp³-hybridized carbons (Fsp3) is 0.462. The third-order valence-corrected chi connectivity index (χ3v) is 6.93. The SMILES string of the molecule is COc1ccccc1C(=O)N1CCC(Cc2nc(Nc3cc(C)[nH]n3)cc(N3CCN(C)CC3)n2)C1. The lowest BCUT2D eigenvalue weighted by molar-refractivity contribution is 0.0783. The molecule has 0 bridgehead atoms. The molecule has 4 heterocycles. The van der Waals surface area contributed by atoms with Crippen LogP contribution in [0.3, 0.4) is 0 Å². The van der Waals surface area contributed by atoms with Crippen LogP contribution in [0.25, 0.3) is 0 Å². The molecule has 190 valence electrons. The fourth-order valence-corrected chi connectivity index (χ4v) is 4.88. The van der Waals surface area contributed by atoms with Crippen LogP contribution in [0.2, 0.25) is 0 Å². The predicted molar refractivity (Wildman–Crippen MR) is 139 cm³/mol. The van der Waals surface area contributed by atoms with Crippen LogP contribution >= 0.6 is 0 Å². The van der Waals surface area contributed by atoms with E-state index in [0.29, 0.717) is 30.2 Å². The number of likely N-dealkylation sites (N-methyl/N-ethyl adjacent to an activating group) is 1. The molecule has 36 heavy (non-hydrogen) atoms. The Morgan fingerprint density at radius 2 is 1.92 bits per heavy atom. The first-order chi connectivity index (χ1) is 17.5. The summed E-state index contributed by atoms with van der Waals surface area (Å²) in [6.07, 6.45) is 1.63. The molecule has 0 radical (unpaired) electrons. The average molecular weight is 491 g/mol.